The fourth-order valence-electron chi connectivity index (χ4n) is 2.40. The van der Waals surface area contributed by atoms with E-state index in [2.05, 4.69) is 12.2 Å². The van der Waals surface area contributed by atoms with E-state index in [4.69, 9.17) is 4.74 Å². The summed E-state index contributed by atoms with van der Waals surface area (Å²) in [4.78, 5) is 0. The van der Waals surface area contributed by atoms with Crippen molar-refractivity contribution in [2.75, 3.05) is 13.2 Å². The third-order valence-electron chi connectivity index (χ3n) is 3.87. The van der Waals surface area contributed by atoms with Crippen molar-refractivity contribution in [3.8, 4) is 0 Å². The molecule has 0 saturated heterocycles. The summed E-state index contributed by atoms with van der Waals surface area (Å²) >= 11 is 0. The highest BCUT2D eigenvalue weighted by Gasteiger charge is 2.24. The minimum Gasteiger partial charge on any atom is -0.389 e. The van der Waals surface area contributed by atoms with Gasteiger partial charge in [-0.15, -0.1) is 0 Å². The van der Waals surface area contributed by atoms with Crippen molar-refractivity contribution < 1.29 is 9.84 Å². The molecule has 0 spiro atoms. The van der Waals surface area contributed by atoms with Crippen LogP contribution in [0.25, 0.3) is 0 Å². The van der Waals surface area contributed by atoms with Crippen molar-refractivity contribution >= 4 is 0 Å². The molecule has 2 N–H and O–H groups in total. The van der Waals surface area contributed by atoms with Crippen molar-refractivity contribution in [1.82, 2.24) is 5.32 Å². The Hall–Kier alpha value is -0.900. The van der Waals surface area contributed by atoms with Gasteiger partial charge in [-0.05, 0) is 24.3 Å². The number of ether oxygens (including phenoxy) is 1. The molecule has 0 aliphatic heterocycles. The molecule has 3 heteroatoms. The molecule has 1 aliphatic rings. The van der Waals surface area contributed by atoms with E-state index in [0.717, 1.165) is 17.9 Å². The summed E-state index contributed by atoms with van der Waals surface area (Å²) in [6.45, 7) is 3.79. The highest BCUT2D eigenvalue weighted by Crippen LogP contribution is 2.33. The second-order valence-electron chi connectivity index (χ2n) is 5.85. The molecular formula is C17H27NO2. The summed E-state index contributed by atoms with van der Waals surface area (Å²) in [6.07, 6.45) is 4.75. The topological polar surface area (TPSA) is 41.5 Å². The van der Waals surface area contributed by atoms with Gasteiger partial charge in [0.05, 0.1) is 19.3 Å². The summed E-state index contributed by atoms with van der Waals surface area (Å²) in [7, 11) is 0. The number of aliphatic hydroxyl groups excluding tert-OH is 1. The number of aliphatic hydroxyl groups is 1. The summed E-state index contributed by atoms with van der Waals surface area (Å²) in [6, 6.07) is 10.6. The molecule has 1 aromatic rings. The van der Waals surface area contributed by atoms with E-state index in [9.17, 15) is 5.11 Å². The SMILES string of the molecule is CCC(CC1CC1)NCC(O)COCc1ccccc1. The van der Waals surface area contributed by atoms with Crippen molar-refractivity contribution in [1.29, 1.82) is 0 Å². The van der Waals surface area contributed by atoms with Crippen LogP contribution in [0.15, 0.2) is 30.3 Å². The zero-order valence-electron chi connectivity index (χ0n) is 12.4. The normalized spacial score (nSPS) is 17.9. The second kappa shape index (κ2) is 8.40. The average molecular weight is 277 g/mol. The first-order valence-electron chi connectivity index (χ1n) is 7.81. The van der Waals surface area contributed by atoms with Crippen LogP contribution >= 0.6 is 0 Å². The van der Waals surface area contributed by atoms with Crippen LogP contribution in [0, 0.1) is 5.92 Å². The van der Waals surface area contributed by atoms with Crippen LogP contribution in [0.2, 0.25) is 0 Å². The molecule has 1 fully saturated rings. The van der Waals surface area contributed by atoms with Gasteiger partial charge in [-0.1, -0.05) is 50.1 Å². The average Bonchev–Trinajstić information content (AvgIpc) is 3.28. The Morgan fingerprint density at radius 1 is 1.30 bits per heavy atom. The largest absolute Gasteiger partial charge is 0.389 e. The first kappa shape index (κ1) is 15.5. The lowest BCUT2D eigenvalue weighted by atomic mass is 10.1. The van der Waals surface area contributed by atoms with Crippen LogP contribution in [-0.2, 0) is 11.3 Å². The van der Waals surface area contributed by atoms with Gasteiger partial charge in [0.15, 0.2) is 0 Å². The van der Waals surface area contributed by atoms with Gasteiger partial charge in [-0.3, -0.25) is 0 Å². The first-order valence-corrected chi connectivity index (χ1v) is 7.81. The third-order valence-corrected chi connectivity index (χ3v) is 3.87. The predicted molar refractivity (Wildman–Crippen MR) is 81.5 cm³/mol. The Morgan fingerprint density at radius 3 is 2.70 bits per heavy atom. The smallest absolute Gasteiger partial charge is 0.0897 e. The molecule has 2 unspecified atom stereocenters. The Labute approximate surface area is 122 Å². The molecule has 2 rings (SSSR count). The van der Waals surface area contributed by atoms with Crippen LogP contribution < -0.4 is 5.32 Å². The fourth-order valence-corrected chi connectivity index (χ4v) is 2.40. The van der Waals surface area contributed by atoms with Gasteiger partial charge in [0.25, 0.3) is 0 Å². The number of hydrogen-bond acceptors (Lipinski definition) is 3. The maximum Gasteiger partial charge on any atom is 0.0897 e. The molecule has 0 bridgehead atoms. The first-order chi connectivity index (χ1) is 9.78. The van der Waals surface area contributed by atoms with E-state index in [1.807, 2.05) is 30.3 Å². The molecule has 20 heavy (non-hydrogen) atoms. The minimum atomic E-state index is -0.424. The lowest BCUT2D eigenvalue weighted by Crippen LogP contribution is -2.37. The van der Waals surface area contributed by atoms with E-state index < -0.39 is 6.10 Å². The second-order valence-corrected chi connectivity index (χ2v) is 5.85. The molecule has 3 nitrogen and oxygen atoms in total. The van der Waals surface area contributed by atoms with E-state index in [1.54, 1.807) is 0 Å². The zero-order valence-corrected chi connectivity index (χ0v) is 12.4. The molecule has 0 radical (unpaired) electrons. The molecule has 1 aromatic carbocycles. The fraction of sp³-hybridized carbons (Fsp3) is 0.647. The van der Waals surface area contributed by atoms with E-state index in [0.29, 0.717) is 25.8 Å². The highest BCUT2D eigenvalue weighted by atomic mass is 16.5. The molecule has 112 valence electrons. The molecule has 2 atom stereocenters. The molecule has 1 aliphatic carbocycles. The molecule has 0 heterocycles. The predicted octanol–water partition coefficient (Wildman–Crippen LogP) is 2.73. The van der Waals surface area contributed by atoms with Gasteiger partial charge >= 0.3 is 0 Å². The van der Waals surface area contributed by atoms with Crippen molar-refractivity contribution in [3.05, 3.63) is 35.9 Å². The Kier molecular flexibility index (Phi) is 6.51. The monoisotopic (exact) mass is 277 g/mol. The zero-order chi connectivity index (χ0) is 14.2. The quantitative estimate of drug-likeness (QED) is 0.691. The van der Waals surface area contributed by atoms with Gasteiger partial charge in [0, 0.05) is 12.6 Å². The van der Waals surface area contributed by atoms with Gasteiger partial charge in [0.2, 0.25) is 0 Å². The lowest BCUT2D eigenvalue weighted by Gasteiger charge is -2.19. The van der Waals surface area contributed by atoms with Crippen LogP contribution in [-0.4, -0.2) is 30.4 Å². The van der Waals surface area contributed by atoms with E-state index in [1.165, 1.54) is 19.3 Å². The summed E-state index contributed by atoms with van der Waals surface area (Å²) in [5, 5.41) is 13.4. The molecular weight excluding hydrogens is 250 g/mol. The van der Waals surface area contributed by atoms with Crippen LogP contribution in [0.4, 0.5) is 0 Å². The van der Waals surface area contributed by atoms with Crippen molar-refractivity contribution in [2.24, 2.45) is 5.92 Å². The summed E-state index contributed by atoms with van der Waals surface area (Å²) < 4.78 is 5.55. The van der Waals surface area contributed by atoms with Crippen LogP contribution in [0.1, 0.15) is 38.2 Å². The van der Waals surface area contributed by atoms with Gasteiger partial charge < -0.3 is 15.2 Å². The van der Waals surface area contributed by atoms with Gasteiger partial charge in [-0.25, -0.2) is 0 Å². The van der Waals surface area contributed by atoms with Crippen molar-refractivity contribution in [2.45, 2.75) is 51.4 Å². The number of hydrogen-bond donors (Lipinski definition) is 2. The number of benzene rings is 1. The Balaban J connectivity index is 1.56. The van der Waals surface area contributed by atoms with E-state index >= 15 is 0 Å². The van der Waals surface area contributed by atoms with Gasteiger partial charge in [0.1, 0.15) is 0 Å². The summed E-state index contributed by atoms with van der Waals surface area (Å²) in [5.41, 5.74) is 1.15. The summed E-state index contributed by atoms with van der Waals surface area (Å²) in [5.74, 6) is 0.930. The lowest BCUT2D eigenvalue weighted by molar-refractivity contribution is 0.0273. The van der Waals surface area contributed by atoms with Crippen LogP contribution in [0.5, 0.6) is 0 Å². The van der Waals surface area contributed by atoms with Crippen molar-refractivity contribution in [3.63, 3.8) is 0 Å². The maximum atomic E-state index is 9.93. The Morgan fingerprint density at radius 2 is 2.05 bits per heavy atom. The van der Waals surface area contributed by atoms with Gasteiger partial charge in [-0.2, -0.15) is 0 Å². The number of nitrogens with one attached hydrogen (secondary N) is 1. The molecule has 0 amide bonds. The highest BCUT2D eigenvalue weighted by molar-refractivity contribution is 5.13. The standard InChI is InChI=1S/C17H27NO2/c1-2-16(10-14-8-9-14)18-11-17(19)13-20-12-15-6-4-3-5-7-15/h3-7,14,16-19H,2,8-13H2,1H3. The van der Waals surface area contributed by atoms with Crippen LogP contribution in [0.3, 0.4) is 0 Å². The minimum absolute atomic E-state index is 0.391. The third kappa shape index (κ3) is 6.04. The maximum absolute atomic E-state index is 9.93. The Bertz CT molecular complexity index is 365. The molecule has 0 aromatic heterocycles. The number of rotatable bonds is 10. The van der Waals surface area contributed by atoms with E-state index in [-0.39, 0.29) is 0 Å². The molecule has 1 saturated carbocycles.